The van der Waals surface area contributed by atoms with Crippen molar-refractivity contribution in [1.82, 2.24) is 0 Å². The average Bonchev–Trinajstić information content (AvgIpc) is 2.32. The zero-order valence-electron chi connectivity index (χ0n) is 9.71. The normalized spacial score (nSPS) is 10.9. The van der Waals surface area contributed by atoms with Crippen LogP contribution in [-0.4, -0.2) is 25.8 Å². The fourth-order valence-corrected chi connectivity index (χ4v) is 1.52. The summed E-state index contributed by atoms with van der Waals surface area (Å²) in [7, 11) is 1.44. The Kier molecular flexibility index (Phi) is 4.89. The summed E-state index contributed by atoms with van der Waals surface area (Å²) in [4.78, 5) is 11.0. The molecule has 0 heterocycles. The Morgan fingerprint density at radius 3 is 2.61 bits per heavy atom. The van der Waals surface area contributed by atoms with E-state index in [0.29, 0.717) is 5.75 Å². The highest BCUT2D eigenvalue weighted by atomic mass is 79.9. The molecule has 0 aliphatic heterocycles. The third kappa shape index (κ3) is 3.56. The van der Waals surface area contributed by atoms with Crippen LogP contribution in [0.3, 0.4) is 0 Å². The molecule has 0 fully saturated rings. The van der Waals surface area contributed by atoms with E-state index < -0.39 is 12.1 Å². The van der Waals surface area contributed by atoms with Crippen LogP contribution in [0.5, 0.6) is 11.5 Å². The number of alkyl halides is 2. The number of carbonyl (C=O) groups is 1. The third-order valence-electron chi connectivity index (χ3n) is 1.89. The topological polar surface area (TPSA) is 44.8 Å². The van der Waals surface area contributed by atoms with Crippen LogP contribution in [0.25, 0.3) is 0 Å². The van der Waals surface area contributed by atoms with Crippen LogP contribution in [0.1, 0.15) is 6.92 Å². The molecule has 0 aliphatic carbocycles. The molecule has 0 aliphatic rings. The molecule has 0 unspecified atom stereocenters. The van der Waals surface area contributed by atoms with Crippen LogP contribution in [0.4, 0.5) is 8.78 Å². The van der Waals surface area contributed by atoms with E-state index in [1.807, 2.05) is 0 Å². The zero-order chi connectivity index (χ0) is 13.8. The summed E-state index contributed by atoms with van der Waals surface area (Å²) < 4.78 is 40.3. The van der Waals surface area contributed by atoms with E-state index in [1.165, 1.54) is 32.2 Å². The Bertz CT molecular complexity index is 437. The van der Waals surface area contributed by atoms with Crippen molar-refractivity contribution in [3.8, 4) is 11.5 Å². The number of esters is 1. The van der Waals surface area contributed by atoms with Crippen molar-refractivity contribution in [2.75, 3.05) is 13.7 Å². The molecule has 18 heavy (non-hydrogen) atoms. The van der Waals surface area contributed by atoms with Crippen molar-refractivity contribution >= 4 is 21.9 Å². The molecule has 0 aromatic heterocycles. The minimum absolute atomic E-state index is 0.151. The van der Waals surface area contributed by atoms with Gasteiger partial charge >= 0.3 is 12.1 Å². The Balaban J connectivity index is 2.87. The van der Waals surface area contributed by atoms with Crippen molar-refractivity contribution in [2.45, 2.75) is 13.0 Å². The predicted octanol–water partition coefficient (Wildman–Crippen LogP) is 2.99. The number of benzene rings is 1. The molecule has 4 nitrogen and oxygen atoms in total. The first kappa shape index (κ1) is 14.7. The molecule has 0 N–H and O–H groups in total. The van der Waals surface area contributed by atoms with E-state index >= 15 is 0 Å². The number of hydrogen-bond acceptors (Lipinski definition) is 4. The minimum Gasteiger partial charge on any atom is -0.497 e. The second-order valence-corrected chi connectivity index (χ2v) is 3.99. The number of carbonyl (C=O) groups excluding carboxylic acids is 1. The van der Waals surface area contributed by atoms with Gasteiger partial charge in [0.05, 0.1) is 18.2 Å². The van der Waals surface area contributed by atoms with Crippen molar-refractivity contribution in [3.05, 3.63) is 22.7 Å². The molecule has 0 spiro atoms. The standard InChI is InChI=1S/C11H11BrF2O4/c1-3-17-10(15)11(13,14)18-9-5-4-7(16-2)6-8(9)12/h4-6H,3H2,1-2H3. The van der Waals surface area contributed by atoms with Gasteiger partial charge in [0.25, 0.3) is 0 Å². The summed E-state index contributed by atoms with van der Waals surface area (Å²) in [5.74, 6) is -1.45. The summed E-state index contributed by atoms with van der Waals surface area (Å²) in [5.41, 5.74) is 0. The molecular weight excluding hydrogens is 314 g/mol. The first-order valence-electron chi connectivity index (χ1n) is 4.98. The smallest absolute Gasteiger partial charge is 0.497 e. The Labute approximate surface area is 111 Å². The van der Waals surface area contributed by atoms with E-state index in [2.05, 4.69) is 25.4 Å². The monoisotopic (exact) mass is 324 g/mol. The summed E-state index contributed by atoms with van der Waals surface area (Å²) in [5, 5.41) is 0. The molecule has 0 bridgehead atoms. The zero-order valence-corrected chi connectivity index (χ0v) is 11.3. The van der Waals surface area contributed by atoms with Gasteiger partial charge in [-0.1, -0.05) is 0 Å². The summed E-state index contributed by atoms with van der Waals surface area (Å²) in [6.07, 6.45) is -4.03. The minimum atomic E-state index is -4.03. The van der Waals surface area contributed by atoms with Gasteiger partial charge in [0.15, 0.2) is 0 Å². The maximum Gasteiger partial charge on any atom is 0.502 e. The van der Waals surface area contributed by atoms with E-state index in [4.69, 9.17) is 4.74 Å². The van der Waals surface area contributed by atoms with E-state index in [0.717, 1.165) is 0 Å². The average molecular weight is 325 g/mol. The summed E-state index contributed by atoms with van der Waals surface area (Å²) in [6.45, 7) is 1.28. The summed E-state index contributed by atoms with van der Waals surface area (Å²) >= 11 is 3.04. The second-order valence-electron chi connectivity index (χ2n) is 3.14. The highest BCUT2D eigenvalue weighted by Gasteiger charge is 2.44. The highest BCUT2D eigenvalue weighted by molar-refractivity contribution is 9.10. The van der Waals surface area contributed by atoms with Gasteiger partial charge in [-0.15, -0.1) is 0 Å². The van der Waals surface area contributed by atoms with Gasteiger partial charge in [0.1, 0.15) is 11.5 Å². The second kappa shape index (κ2) is 5.99. The van der Waals surface area contributed by atoms with Crippen LogP contribution in [-0.2, 0) is 9.53 Å². The van der Waals surface area contributed by atoms with Gasteiger partial charge in [-0.05, 0) is 41.1 Å². The fraction of sp³-hybridized carbons (Fsp3) is 0.364. The lowest BCUT2D eigenvalue weighted by Gasteiger charge is -2.17. The van der Waals surface area contributed by atoms with Gasteiger partial charge in [-0.3, -0.25) is 0 Å². The van der Waals surface area contributed by atoms with Crippen molar-refractivity contribution in [1.29, 1.82) is 0 Å². The number of halogens is 3. The summed E-state index contributed by atoms with van der Waals surface area (Å²) in [6, 6.07) is 4.13. The number of ether oxygens (including phenoxy) is 3. The third-order valence-corrected chi connectivity index (χ3v) is 2.51. The molecule has 0 amide bonds. The van der Waals surface area contributed by atoms with Crippen LogP contribution in [0.15, 0.2) is 22.7 Å². The van der Waals surface area contributed by atoms with Crippen LogP contribution in [0, 0.1) is 0 Å². The Morgan fingerprint density at radius 2 is 2.11 bits per heavy atom. The van der Waals surface area contributed by atoms with Crippen LogP contribution < -0.4 is 9.47 Å². The lowest BCUT2D eigenvalue weighted by atomic mass is 10.3. The maximum atomic E-state index is 13.3. The molecule has 1 aromatic carbocycles. The quantitative estimate of drug-likeness (QED) is 0.781. The van der Waals surface area contributed by atoms with Crippen LogP contribution >= 0.6 is 15.9 Å². The SMILES string of the molecule is CCOC(=O)C(F)(F)Oc1ccc(OC)cc1Br. The van der Waals surface area contributed by atoms with Gasteiger partial charge in [0, 0.05) is 0 Å². The highest BCUT2D eigenvalue weighted by Crippen LogP contribution is 2.33. The van der Waals surface area contributed by atoms with Gasteiger partial charge in [-0.25, -0.2) is 4.79 Å². The van der Waals surface area contributed by atoms with Crippen molar-refractivity contribution < 1.29 is 27.8 Å². The van der Waals surface area contributed by atoms with Crippen molar-refractivity contribution in [2.24, 2.45) is 0 Å². The molecule has 0 saturated heterocycles. The Hall–Kier alpha value is -1.37. The molecular formula is C11H11BrF2O4. The van der Waals surface area contributed by atoms with E-state index in [-0.39, 0.29) is 16.8 Å². The largest absolute Gasteiger partial charge is 0.502 e. The van der Waals surface area contributed by atoms with Crippen LogP contribution in [0.2, 0.25) is 0 Å². The maximum absolute atomic E-state index is 13.3. The van der Waals surface area contributed by atoms with E-state index in [9.17, 15) is 13.6 Å². The van der Waals surface area contributed by atoms with Gasteiger partial charge in [0.2, 0.25) is 0 Å². The first-order valence-corrected chi connectivity index (χ1v) is 5.77. The molecule has 7 heteroatoms. The molecule has 1 rings (SSSR count). The van der Waals surface area contributed by atoms with Gasteiger partial charge in [-0.2, -0.15) is 8.78 Å². The Morgan fingerprint density at radius 1 is 1.44 bits per heavy atom. The molecule has 0 radical (unpaired) electrons. The number of methoxy groups -OCH3 is 1. The molecule has 1 aromatic rings. The number of hydrogen-bond donors (Lipinski definition) is 0. The molecule has 0 atom stereocenters. The number of rotatable bonds is 5. The predicted molar refractivity (Wildman–Crippen MR) is 62.9 cm³/mol. The van der Waals surface area contributed by atoms with Crippen molar-refractivity contribution in [3.63, 3.8) is 0 Å². The van der Waals surface area contributed by atoms with Gasteiger partial charge < -0.3 is 14.2 Å². The molecule has 0 saturated carbocycles. The molecule has 100 valence electrons. The lowest BCUT2D eigenvalue weighted by Crippen LogP contribution is -2.37. The van der Waals surface area contributed by atoms with E-state index in [1.54, 1.807) is 0 Å². The lowest BCUT2D eigenvalue weighted by molar-refractivity contribution is -0.216. The first-order chi connectivity index (χ1) is 8.40. The fourth-order valence-electron chi connectivity index (χ4n) is 1.09.